The number of halogens is 7. The van der Waals surface area contributed by atoms with Crippen molar-refractivity contribution in [3.63, 3.8) is 0 Å². The summed E-state index contributed by atoms with van der Waals surface area (Å²) in [6.07, 6.45) is -4.59. The average molecular weight is 463 g/mol. The summed E-state index contributed by atoms with van der Waals surface area (Å²) in [5, 5.41) is -0.281. The molecule has 0 saturated heterocycles. The van der Waals surface area contributed by atoms with Crippen LogP contribution in [0.15, 0.2) is 22.7 Å². The first-order valence-electron chi connectivity index (χ1n) is 6.07. The normalized spacial score (nSPS) is 11.5. The SMILES string of the molecule is COC(=O)c1nc(-c2cc(Br)c(C(F)(F)F)cc2Cl)c(Cl)cc1Cl. The number of carbonyl (C=O) groups excluding carboxylic acids is 1. The van der Waals surface area contributed by atoms with Gasteiger partial charge in [-0.1, -0.05) is 50.7 Å². The molecule has 2 aromatic rings. The molecular formula is C14H6BrCl3F3NO2. The topological polar surface area (TPSA) is 39.2 Å². The van der Waals surface area contributed by atoms with E-state index in [1.165, 1.54) is 6.07 Å². The molecule has 0 atom stereocenters. The molecule has 1 aromatic heterocycles. The van der Waals surface area contributed by atoms with Gasteiger partial charge in [0.05, 0.1) is 33.4 Å². The fraction of sp³-hybridized carbons (Fsp3) is 0.143. The van der Waals surface area contributed by atoms with Crippen LogP contribution in [0, 0.1) is 0 Å². The number of esters is 1. The molecule has 1 heterocycles. The third-order valence-corrected chi connectivity index (χ3v) is 4.47. The van der Waals surface area contributed by atoms with E-state index < -0.39 is 17.7 Å². The van der Waals surface area contributed by atoms with Gasteiger partial charge < -0.3 is 4.74 Å². The van der Waals surface area contributed by atoms with Crippen molar-refractivity contribution < 1.29 is 22.7 Å². The number of methoxy groups -OCH3 is 1. The highest BCUT2D eigenvalue weighted by Crippen LogP contribution is 2.42. The van der Waals surface area contributed by atoms with E-state index in [1.54, 1.807) is 0 Å². The Kier molecular flexibility index (Phi) is 5.69. The van der Waals surface area contributed by atoms with Gasteiger partial charge >= 0.3 is 12.1 Å². The van der Waals surface area contributed by atoms with Crippen LogP contribution in [0.1, 0.15) is 16.1 Å². The molecule has 3 nitrogen and oxygen atoms in total. The molecule has 0 saturated carbocycles. The number of benzene rings is 1. The van der Waals surface area contributed by atoms with E-state index in [0.717, 1.165) is 19.2 Å². The molecule has 0 unspecified atom stereocenters. The van der Waals surface area contributed by atoms with Crippen LogP contribution in [0.25, 0.3) is 11.3 Å². The summed E-state index contributed by atoms with van der Waals surface area (Å²) >= 11 is 20.7. The van der Waals surface area contributed by atoms with E-state index in [4.69, 9.17) is 34.8 Å². The Labute approximate surface area is 157 Å². The van der Waals surface area contributed by atoms with Crippen molar-refractivity contribution in [2.75, 3.05) is 7.11 Å². The number of hydrogen-bond donors (Lipinski definition) is 0. The Balaban J connectivity index is 2.69. The molecule has 24 heavy (non-hydrogen) atoms. The molecule has 10 heteroatoms. The van der Waals surface area contributed by atoms with Gasteiger partial charge in [0.15, 0.2) is 5.69 Å². The van der Waals surface area contributed by atoms with E-state index in [1.807, 2.05) is 0 Å². The van der Waals surface area contributed by atoms with Crippen LogP contribution in [-0.2, 0) is 10.9 Å². The zero-order valence-corrected chi connectivity index (χ0v) is 15.5. The number of aromatic nitrogens is 1. The summed E-state index contributed by atoms with van der Waals surface area (Å²) < 4.78 is 43.0. The lowest BCUT2D eigenvalue weighted by Crippen LogP contribution is -2.08. The van der Waals surface area contributed by atoms with Gasteiger partial charge in [-0.15, -0.1) is 0 Å². The highest BCUT2D eigenvalue weighted by atomic mass is 79.9. The second-order valence-electron chi connectivity index (χ2n) is 4.45. The summed E-state index contributed by atoms with van der Waals surface area (Å²) in [6.45, 7) is 0. The molecule has 0 aliphatic rings. The maximum absolute atomic E-state index is 12.9. The molecule has 0 amide bonds. The molecule has 1 aromatic carbocycles. The summed E-state index contributed by atoms with van der Waals surface area (Å²) in [4.78, 5) is 15.6. The first-order chi connectivity index (χ1) is 11.1. The standard InChI is InChI=1S/C14H6BrCl3F3NO2/c1-24-13(23)12-10(18)4-9(17)11(22-12)5-2-7(15)6(3-8(5)16)14(19,20)21/h2-4H,1H3. The molecule has 0 fully saturated rings. The quantitative estimate of drug-likeness (QED) is 0.493. The molecule has 2 rings (SSSR count). The van der Waals surface area contributed by atoms with E-state index in [-0.39, 0.29) is 36.5 Å². The number of rotatable bonds is 2. The molecule has 128 valence electrons. The molecule has 0 bridgehead atoms. The molecule has 0 aliphatic heterocycles. The number of ether oxygens (including phenoxy) is 1. The van der Waals surface area contributed by atoms with Crippen molar-refractivity contribution in [1.29, 1.82) is 0 Å². The second-order valence-corrected chi connectivity index (χ2v) is 6.53. The van der Waals surface area contributed by atoms with E-state index in [9.17, 15) is 18.0 Å². The number of carbonyl (C=O) groups is 1. The Hall–Kier alpha value is -1.02. The van der Waals surface area contributed by atoms with Crippen molar-refractivity contribution >= 4 is 56.7 Å². The number of alkyl halides is 3. The van der Waals surface area contributed by atoms with Gasteiger partial charge in [0, 0.05) is 10.0 Å². The van der Waals surface area contributed by atoms with Gasteiger partial charge in [0.1, 0.15) is 0 Å². The predicted octanol–water partition coefficient (Wildman–Crippen LogP) is 6.28. The Bertz CT molecular complexity index is 828. The van der Waals surface area contributed by atoms with Crippen molar-refractivity contribution in [3.05, 3.63) is 49.0 Å². The third kappa shape index (κ3) is 3.79. The monoisotopic (exact) mass is 461 g/mol. The van der Waals surface area contributed by atoms with Gasteiger partial charge in [0.25, 0.3) is 0 Å². The number of hydrogen-bond acceptors (Lipinski definition) is 3. The first kappa shape index (κ1) is 19.3. The van der Waals surface area contributed by atoms with Gasteiger partial charge in [-0.3, -0.25) is 0 Å². The highest BCUT2D eigenvalue weighted by Gasteiger charge is 2.34. The fourth-order valence-electron chi connectivity index (χ4n) is 1.84. The van der Waals surface area contributed by atoms with Crippen LogP contribution in [0.2, 0.25) is 15.1 Å². The molecule has 0 aliphatic carbocycles. The number of pyridine rings is 1. The Morgan fingerprint density at radius 3 is 2.29 bits per heavy atom. The van der Waals surface area contributed by atoms with Crippen LogP contribution < -0.4 is 0 Å². The maximum atomic E-state index is 12.9. The van der Waals surface area contributed by atoms with Crippen LogP contribution >= 0.6 is 50.7 Å². The lowest BCUT2D eigenvalue weighted by atomic mass is 10.1. The first-order valence-corrected chi connectivity index (χ1v) is 8.00. The zero-order valence-electron chi connectivity index (χ0n) is 11.6. The van der Waals surface area contributed by atoms with Crippen LogP contribution in [-0.4, -0.2) is 18.1 Å². The van der Waals surface area contributed by atoms with E-state index in [0.29, 0.717) is 0 Å². The minimum Gasteiger partial charge on any atom is -0.464 e. The minimum atomic E-state index is -4.59. The maximum Gasteiger partial charge on any atom is 0.417 e. The Morgan fingerprint density at radius 1 is 1.12 bits per heavy atom. The third-order valence-electron chi connectivity index (χ3n) is 2.93. The zero-order chi connectivity index (χ0) is 18.2. The Morgan fingerprint density at radius 2 is 1.75 bits per heavy atom. The van der Waals surface area contributed by atoms with Crippen LogP contribution in [0.4, 0.5) is 13.2 Å². The predicted molar refractivity (Wildman–Crippen MR) is 88.7 cm³/mol. The molecule has 0 N–H and O–H groups in total. The van der Waals surface area contributed by atoms with Crippen LogP contribution in [0.3, 0.4) is 0 Å². The molecule has 0 spiro atoms. The summed E-state index contributed by atoms with van der Waals surface area (Å²) in [5.41, 5.74) is -1.08. The smallest absolute Gasteiger partial charge is 0.417 e. The molecular weight excluding hydrogens is 457 g/mol. The van der Waals surface area contributed by atoms with Crippen molar-refractivity contribution in [2.24, 2.45) is 0 Å². The molecule has 0 radical (unpaired) electrons. The minimum absolute atomic E-state index is 0.000825. The summed E-state index contributed by atoms with van der Waals surface area (Å²) in [6, 6.07) is 3.10. The highest BCUT2D eigenvalue weighted by molar-refractivity contribution is 9.10. The number of nitrogens with zero attached hydrogens (tertiary/aromatic N) is 1. The van der Waals surface area contributed by atoms with Crippen molar-refractivity contribution in [1.82, 2.24) is 4.98 Å². The van der Waals surface area contributed by atoms with Gasteiger partial charge in [-0.05, 0) is 18.2 Å². The van der Waals surface area contributed by atoms with Crippen molar-refractivity contribution in [3.8, 4) is 11.3 Å². The average Bonchev–Trinajstić information content (AvgIpc) is 2.48. The lowest BCUT2D eigenvalue weighted by molar-refractivity contribution is -0.138. The van der Waals surface area contributed by atoms with Gasteiger partial charge in [0.2, 0.25) is 0 Å². The van der Waals surface area contributed by atoms with E-state index >= 15 is 0 Å². The lowest BCUT2D eigenvalue weighted by Gasteiger charge is -2.14. The van der Waals surface area contributed by atoms with Crippen molar-refractivity contribution in [2.45, 2.75) is 6.18 Å². The summed E-state index contributed by atoms with van der Waals surface area (Å²) in [5.74, 6) is -0.819. The van der Waals surface area contributed by atoms with Gasteiger partial charge in [-0.25, -0.2) is 9.78 Å². The summed E-state index contributed by atoms with van der Waals surface area (Å²) in [7, 11) is 1.14. The second kappa shape index (κ2) is 7.07. The van der Waals surface area contributed by atoms with Crippen LogP contribution in [0.5, 0.6) is 0 Å². The van der Waals surface area contributed by atoms with Gasteiger partial charge in [-0.2, -0.15) is 13.2 Å². The van der Waals surface area contributed by atoms with E-state index in [2.05, 4.69) is 25.7 Å². The largest absolute Gasteiger partial charge is 0.464 e. The fourth-order valence-corrected chi connectivity index (χ4v) is 3.20.